The number of carbonyl (C=O) groups excluding carboxylic acids is 2. The van der Waals surface area contributed by atoms with Gasteiger partial charge in [0.05, 0.1) is 19.8 Å². The smallest absolute Gasteiger partial charge is 0.379 e. The Morgan fingerprint density at radius 3 is 2.47 bits per heavy atom. The van der Waals surface area contributed by atoms with Crippen molar-refractivity contribution in [2.45, 2.75) is 0 Å². The first kappa shape index (κ1) is 11.2. The standard InChI is InChI=1S/C10H9FO4/c1-14-8-5-6(11)3-4-7(8)9(12)10(13)15-2/h3-5H,1-2H3. The summed E-state index contributed by atoms with van der Waals surface area (Å²) in [5.41, 5.74) is -0.0225. The maximum absolute atomic E-state index is 12.8. The van der Waals surface area contributed by atoms with Gasteiger partial charge < -0.3 is 9.47 Å². The first-order valence-electron chi connectivity index (χ1n) is 4.06. The van der Waals surface area contributed by atoms with E-state index in [4.69, 9.17) is 4.74 Å². The summed E-state index contributed by atoms with van der Waals surface area (Å²) in [6.07, 6.45) is 0. The molecule has 0 heterocycles. The first-order chi connectivity index (χ1) is 7.10. The normalized spacial score (nSPS) is 9.53. The second-order valence-electron chi connectivity index (χ2n) is 2.67. The molecule has 1 rings (SSSR count). The number of esters is 1. The van der Waals surface area contributed by atoms with Crippen LogP contribution in [0.15, 0.2) is 18.2 Å². The second kappa shape index (κ2) is 4.54. The third-order valence-electron chi connectivity index (χ3n) is 1.78. The van der Waals surface area contributed by atoms with Crippen molar-refractivity contribution >= 4 is 11.8 Å². The SMILES string of the molecule is COC(=O)C(=O)c1ccc(F)cc1OC. The Hall–Kier alpha value is -1.91. The zero-order valence-corrected chi connectivity index (χ0v) is 8.24. The number of hydrogen-bond acceptors (Lipinski definition) is 4. The van der Waals surface area contributed by atoms with Gasteiger partial charge in [0.25, 0.3) is 5.78 Å². The van der Waals surface area contributed by atoms with Crippen LogP contribution in [0, 0.1) is 5.82 Å². The van der Waals surface area contributed by atoms with Crippen molar-refractivity contribution in [3.05, 3.63) is 29.6 Å². The zero-order chi connectivity index (χ0) is 11.4. The molecule has 0 unspecified atom stereocenters. The molecule has 0 aliphatic carbocycles. The highest BCUT2D eigenvalue weighted by Gasteiger charge is 2.20. The highest BCUT2D eigenvalue weighted by atomic mass is 19.1. The summed E-state index contributed by atoms with van der Waals surface area (Å²) in [6, 6.07) is 3.27. The minimum Gasteiger partial charge on any atom is -0.496 e. The van der Waals surface area contributed by atoms with E-state index in [9.17, 15) is 14.0 Å². The largest absolute Gasteiger partial charge is 0.496 e. The Labute approximate surface area is 85.6 Å². The minimum absolute atomic E-state index is 0.00500. The monoisotopic (exact) mass is 212 g/mol. The fourth-order valence-corrected chi connectivity index (χ4v) is 1.06. The van der Waals surface area contributed by atoms with E-state index in [-0.39, 0.29) is 11.3 Å². The Bertz CT molecular complexity index is 400. The molecule has 15 heavy (non-hydrogen) atoms. The number of halogens is 1. The van der Waals surface area contributed by atoms with Gasteiger partial charge in [-0.15, -0.1) is 0 Å². The van der Waals surface area contributed by atoms with Gasteiger partial charge >= 0.3 is 5.97 Å². The molecule has 0 amide bonds. The third kappa shape index (κ3) is 2.31. The molecule has 0 spiro atoms. The number of ether oxygens (including phenoxy) is 2. The molecule has 0 N–H and O–H groups in total. The Kier molecular flexibility index (Phi) is 3.38. The van der Waals surface area contributed by atoms with Crippen molar-refractivity contribution in [3.8, 4) is 5.75 Å². The molecule has 0 bridgehead atoms. The number of ketones is 1. The van der Waals surface area contributed by atoms with E-state index in [1.54, 1.807) is 0 Å². The fourth-order valence-electron chi connectivity index (χ4n) is 1.06. The van der Waals surface area contributed by atoms with Gasteiger partial charge in [0.1, 0.15) is 11.6 Å². The average molecular weight is 212 g/mol. The van der Waals surface area contributed by atoms with Crippen LogP contribution in [0.1, 0.15) is 10.4 Å². The fraction of sp³-hybridized carbons (Fsp3) is 0.200. The van der Waals surface area contributed by atoms with E-state index in [0.717, 1.165) is 19.2 Å². The van der Waals surface area contributed by atoms with Crippen LogP contribution in [-0.4, -0.2) is 26.0 Å². The summed E-state index contributed by atoms with van der Waals surface area (Å²) in [4.78, 5) is 22.3. The Morgan fingerprint density at radius 2 is 1.93 bits per heavy atom. The third-order valence-corrected chi connectivity index (χ3v) is 1.78. The Morgan fingerprint density at radius 1 is 1.27 bits per heavy atom. The van der Waals surface area contributed by atoms with Gasteiger partial charge in [-0.2, -0.15) is 0 Å². The number of hydrogen-bond donors (Lipinski definition) is 0. The van der Waals surface area contributed by atoms with Gasteiger partial charge in [0, 0.05) is 6.07 Å². The molecule has 80 valence electrons. The van der Waals surface area contributed by atoms with E-state index in [1.165, 1.54) is 13.2 Å². The van der Waals surface area contributed by atoms with Gasteiger partial charge in [0.15, 0.2) is 0 Å². The van der Waals surface area contributed by atoms with Gasteiger partial charge in [-0.3, -0.25) is 4.79 Å². The molecule has 0 saturated heterocycles. The zero-order valence-electron chi connectivity index (χ0n) is 8.24. The molecule has 0 fully saturated rings. The van der Waals surface area contributed by atoms with E-state index >= 15 is 0 Å². The van der Waals surface area contributed by atoms with Crippen LogP contribution in [-0.2, 0) is 9.53 Å². The summed E-state index contributed by atoms with van der Waals surface area (Å²) >= 11 is 0. The molecule has 0 atom stereocenters. The van der Waals surface area contributed by atoms with Crippen LogP contribution in [0.4, 0.5) is 4.39 Å². The van der Waals surface area contributed by atoms with Crippen LogP contribution in [0.2, 0.25) is 0 Å². The first-order valence-corrected chi connectivity index (χ1v) is 4.06. The van der Waals surface area contributed by atoms with Crippen molar-refractivity contribution in [3.63, 3.8) is 0 Å². The summed E-state index contributed by atoms with van der Waals surface area (Å²) in [5.74, 6) is -2.42. The van der Waals surface area contributed by atoms with Gasteiger partial charge in [-0.05, 0) is 12.1 Å². The quantitative estimate of drug-likeness (QED) is 0.429. The van der Waals surface area contributed by atoms with Crippen molar-refractivity contribution in [1.82, 2.24) is 0 Å². The van der Waals surface area contributed by atoms with Crippen molar-refractivity contribution in [2.24, 2.45) is 0 Å². The lowest BCUT2D eigenvalue weighted by Gasteiger charge is -2.05. The highest BCUT2D eigenvalue weighted by molar-refractivity contribution is 6.41. The van der Waals surface area contributed by atoms with Crippen molar-refractivity contribution in [2.75, 3.05) is 14.2 Å². The second-order valence-corrected chi connectivity index (χ2v) is 2.67. The Balaban J connectivity index is 3.14. The van der Waals surface area contributed by atoms with Crippen molar-refractivity contribution in [1.29, 1.82) is 0 Å². The van der Waals surface area contributed by atoms with E-state index < -0.39 is 17.6 Å². The van der Waals surface area contributed by atoms with E-state index in [1.807, 2.05) is 0 Å². The summed E-state index contributed by atoms with van der Waals surface area (Å²) in [7, 11) is 2.37. The molecule has 1 aromatic rings. The van der Waals surface area contributed by atoms with Gasteiger partial charge in [-0.25, -0.2) is 9.18 Å². The van der Waals surface area contributed by atoms with Crippen LogP contribution >= 0.6 is 0 Å². The lowest BCUT2D eigenvalue weighted by Crippen LogP contribution is -2.16. The molecule has 0 radical (unpaired) electrons. The van der Waals surface area contributed by atoms with Gasteiger partial charge in [0.2, 0.25) is 0 Å². The number of rotatable bonds is 3. The summed E-state index contributed by atoms with van der Waals surface area (Å²) < 4.78 is 21.8. The lowest BCUT2D eigenvalue weighted by atomic mass is 10.1. The maximum atomic E-state index is 12.8. The molecule has 0 saturated carbocycles. The number of methoxy groups -OCH3 is 2. The topological polar surface area (TPSA) is 52.6 Å². The van der Waals surface area contributed by atoms with Crippen LogP contribution in [0.3, 0.4) is 0 Å². The number of Topliss-reactive ketones (excluding diaryl/α,β-unsaturated/α-hetero) is 1. The van der Waals surface area contributed by atoms with E-state index in [2.05, 4.69) is 4.74 Å². The highest BCUT2D eigenvalue weighted by Crippen LogP contribution is 2.20. The van der Waals surface area contributed by atoms with Gasteiger partial charge in [-0.1, -0.05) is 0 Å². The molecular weight excluding hydrogens is 203 g/mol. The molecule has 0 aromatic heterocycles. The van der Waals surface area contributed by atoms with Crippen LogP contribution < -0.4 is 4.74 Å². The predicted octanol–water partition coefficient (Wildman–Crippen LogP) is 1.19. The molecule has 0 aliphatic heterocycles. The summed E-state index contributed by atoms with van der Waals surface area (Å²) in [6.45, 7) is 0. The van der Waals surface area contributed by atoms with Crippen LogP contribution in [0.25, 0.3) is 0 Å². The molecule has 1 aromatic carbocycles. The maximum Gasteiger partial charge on any atom is 0.379 e. The van der Waals surface area contributed by atoms with Crippen molar-refractivity contribution < 1.29 is 23.5 Å². The number of carbonyl (C=O) groups is 2. The summed E-state index contributed by atoms with van der Waals surface area (Å²) in [5, 5.41) is 0. The molecule has 4 nitrogen and oxygen atoms in total. The number of benzene rings is 1. The average Bonchev–Trinajstić information content (AvgIpc) is 2.26. The van der Waals surface area contributed by atoms with E-state index in [0.29, 0.717) is 0 Å². The predicted molar refractivity (Wildman–Crippen MR) is 49.3 cm³/mol. The molecule has 5 heteroatoms. The lowest BCUT2D eigenvalue weighted by molar-refractivity contribution is -0.135. The minimum atomic E-state index is -1.01. The molecule has 0 aliphatic rings. The van der Waals surface area contributed by atoms with Crippen LogP contribution in [0.5, 0.6) is 5.75 Å². The molecular formula is C10H9FO4.